The van der Waals surface area contributed by atoms with Gasteiger partial charge in [-0.05, 0) is 12.0 Å². The fourth-order valence-corrected chi connectivity index (χ4v) is 2.43. The summed E-state index contributed by atoms with van der Waals surface area (Å²) in [5.41, 5.74) is 1.25. The van der Waals surface area contributed by atoms with Crippen LogP contribution >= 0.6 is 0 Å². The zero-order chi connectivity index (χ0) is 12.3. The second kappa shape index (κ2) is 5.63. The van der Waals surface area contributed by atoms with E-state index in [2.05, 4.69) is 19.1 Å². The third-order valence-electron chi connectivity index (χ3n) is 3.39. The van der Waals surface area contributed by atoms with E-state index >= 15 is 0 Å². The first-order valence-electron chi connectivity index (χ1n) is 6.35. The van der Waals surface area contributed by atoms with Gasteiger partial charge in [-0.2, -0.15) is 5.06 Å². The summed E-state index contributed by atoms with van der Waals surface area (Å²) >= 11 is 0. The molecule has 3 nitrogen and oxygen atoms in total. The topological polar surface area (TPSA) is 32.7 Å². The van der Waals surface area contributed by atoms with Crippen LogP contribution in [0.3, 0.4) is 0 Å². The molecule has 1 N–H and O–H groups in total. The fraction of sp³-hybridized carbons (Fsp3) is 0.571. The minimum Gasteiger partial charge on any atom is -0.390 e. The third kappa shape index (κ3) is 2.86. The van der Waals surface area contributed by atoms with Gasteiger partial charge in [0.15, 0.2) is 0 Å². The van der Waals surface area contributed by atoms with Crippen molar-refractivity contribution in [3.63, 3.8) is 0 Å². The van der Waals surface area contributed by atoms with Gasteiger partial charge in [-0.3, -0.25) is 4.84 Å². The van der Waals surface area contributed by atoms with E-state index in [-0.39, 0.29) is 18.2 Å². The Balaban J connectivity index is 2.03. The molecule has 1 aromatic rings. The summed E-state index contributed by atoms with van der Waals surface area (Å²) in [6.07, 6.45) is 2.24. The second-order valence-corrected chi connectivity index (χ2v) is 4.71. The molecule has 3 heteroatoms. The SMILES string of the molecule is CCC[C@H](O)[C@@H]1C[C@@H](c2ccccc2)N(C)O1. The minimum absolute atomic E-state index is 0.0647. The number of hydroxylamine groups is 2. The highest BCUT2D eigenvalue weighted by Gasteiger charge is 2.35. The van der Waals surface area contributed by atoms with Crippen LogP contribution in [0.25, 0.3) is 0 Å². The van der Waals surface area contributed by atoms with Crippen molar-refractivity contribution in [2.24, 2.45) is 0 Å². The van der Waals surface area contributed by atoms with Crippen molar-refractivity contribution in [2.75, 3.05) is 7.05 Å². The Morgan fingerprint density at radius 1 is 1.41 bits per heavy atom. The predicted molar refractivity (Wildman–Crippen MR) is 67.4 cm³/mol. The van der Waals surface area contributed by atoms with Crippen LogP contribution in [0, 0.1) is 0 Å². The number of hydrogen-bond donors (Lipinski definition) is 1. The van der Waals surface area contributed by atoms with Gasteiger partial charge in [0.05, 0.1) is 12.1 Å². The average Bonchev–Trinajstić information content (AvgIpc) is 2.73. The second-order valence-electron chi connectivity index (χ2n) is 4.71. The lowest BCUT2D eigenvalue weighted by Crippen LogP contribution is -2.26. The molecule has 0 aromatic heterocycles. The lowest BCUT2D eigenvalue weighted by atomic mass is 9.98. The van der Waals surface area contributed by atoms with Crippen LogP contribution in [0.2, 0.25) is 0 Å². The summed E-state index contributed by atoms with van der Waals surface area (Å²) in [6, 6.07) is 10.6. The number of aliphatic hydroxyl groups excluding tert-OH is 1. The highest BCUT2D eigenvalue weighted by Crippen LogP contribution is 2.34. The summed E-state index contributed by atoms with van der Waals surface area (Å²) in [5, 5.41) is 11.9. The summed E-state index contributed by atoms with van der Waals surface area (Å²) in [4.78, 5) is 5.73. The van der Waals surface area contributed by atoms with E-state index in [4.69, 9.17) is 4.84 Å². The van der Waals surface area contributed by atoms with Gasteiger partial charge in [0.1, 0.15) is 6.10 Å². The molecule has 1 saturated heterocycles. The van der Waals surface area contributed by atoms with Gasteiger partial charge < -0.3 is 5.11 Å². The van der Waals surface area contributed by atoms with Crippen molar-refractivity contribution in [3.05, 3.63) is 35.9 Å². The first-order chi connectivity index (χ1) is 8.22. The summed E-state index contributed by atoms with van der Waals surface area (Å²) in [5.74, 6) is 0. The van der Waals surface area contributed by atoms with Crippen LogP contribution < -0.4 is 0 Å². The smallest absolute Gasteiger partial charge is 0.107 e. The van der Waals surface area contributed by atoms with Gasteiger partial charge in [-0.25, -0.2) is 0 Å². The van der Waals surface area contributed by atoms with Crippen molar-refractivity contribution in [1.29, 1.82) is 0 Å². The van der Waals surface area contributed by atoms with Crippen molar-refractivity contribution < 1.29 is 9.94 Å². The Labute approximate surface area is 103 Å². The lowest BCUT2D eigenvalue weighted by Gasteiger charge is -2.18. The largest absolute Gasteiger partial charge is 0.390 e. The molecule has 0 radical (unpaired) electrons. The van der Waals surface area contributed by atoms with Crippen LogP contribution in [-0.4, -0.2) is 29.4 Å². The lowest BCUT2D eigenvalue weighted by molar-refractivity contribution is -0.170. The number of nitrogens with zero attached hydrogens (tertiary/aromatic N) is 1. The van der Waals surface area contributed by atoms with E-state index in [1.807, 2.05) is 30.3 Å². The monoisotopic (exact) mass is 235 g/mol. The number of hydrogen-bond acceptors (Lipinski definition) is 3. The molecule has 1 heterocycles. The number of aliphatic hydroxyl groups is 1. The molecular weight excluding hydrogens is 214 g/mol. The number of benzene rings is 1. The van der Waals surface area contributed by atoms with E-state index < -0.39 is 0 Å². The maximum atomic E-state index is 9.98. The molecule has 1 aliphatic heterocycles. The van der Waals surface area contributed by atoms with E-state index in [0.29, 0.717) is 0 Å². The highest BCUT2D eigenvalue weighted by atomic mass is 16.7. The highest BCUT2D eigenvalue weighted by molar-refractivity contribution is 5.19. The first kappa shape index (κ1) is 12.6. The molecule has 17 heavy (non-hydrogen) atoms. The number of rotatable bonds is 4. The molecule has 1 fully saturated rings. The van der Waals surface area contributed by atoms with E-state index in [1.165, 1.54) is 5.56 Å². The quantitative estimate of drug-likeness (QED) is 0.870. The Bertz CT molecular complexity index is 341. The first-order valence-corrected chi connectivity index (χ1v) is 6.35. The van der Waals surface area contributed by atoms with Crippen LogP contribution in [0.5, 0.6) is 0 Å². The van der Waals surface area contributed by atoms with Crippen molar-refractivity contribution in [3.8, 4) is 0 Å². The predicted octanol–water partition coefficient (Wildman–Crippen LogP) is 2.52. The molecule has 0 amide bonds. The van der Waals surface area contributed by atoms with Gasteiger partial charge in [0.25, 0.3) is 0 Å². The molecule has 0 aliphatic carbocycles. The van der Waals surface area contributed by atoms with Crippen molar-refractivity contribution in [2.45, 2.75) is 44.4 Å². The summed E-state index contributed by atoms with van der Waals surface area (Å²) in [7, 11) is 1.94. The third-order valence-corrected chi connectivity index (χ3v) is 3.39. The molecular formula is C14H21NO2. The van der Waals surface area contributed by atoms with Gasteiger partial charge in [-0.1, -0.05) is 43.7 Å². The van der Waals surface area contributed by atoms with Gasteiger partial charge in [-0.15, -0.1) is 0 Å². The fourth-order valence-electron chi connectivity index (χ4n) is 2.43. The van der Waals surface area contributed by atoms with Crippen LogP contribution in [0.15, 0.2) is 30.3 Å². The van der Waals surface area contributed by atoms with Gasteiger partial charge in [0, 0.05) is 13.5 Å². The summed E-state index contributed by atoms with van der Waals surface area (Å²) < 4.78 is 0. The molecule has 3 atom stereocenters. The Kier molecular flexibility index (Phi) is 4.15. The molecule has 0 unspecified atom stereocenters. The normalized spacial score (nSPS) is 27.2. The van der Waals surface area contributed by atoms with E-state index in [0.717, 1.165) is 19.3 Å². The molecule has 2 rings (SSSR count). The van der Waals surface area contributed by atoms with Crippen LogP contribution in [0.1, 0.15) is 37.8 Å². The van der Waals surface area contributed by atoms with E-state index in [9.17, 15) is 5.11 Å². The van der Waals surface area contributed by atoms with E-state index in [1.54, 1.807) is 0 Å². The standard InChI is InChI=1S/C14H21NO2/c1-3-7-13(16)14-10-12(15(2)17-14)11-8-5-4-6-9-11/h4-6,8-9,12-14,16H,3,7,10H2,1-2H3/t12-,13-,14-/m0/s1. The maximum absolute atomic E-state index is 9.98. The average molecular weight is 235 g/mol. The Hall–Kier alpha value is -0.900. The minimum atomic E-state index is -0.351. The molecule has 0 spiro atoms. The molecule has 94 valence electrons. The molecule has 0 saturated carbocycles. The zero-order valence-corrected chi connectivity index (χ0v) is 10.5. The molecule has 1 aromatic carbocycles. The van der Waals surface area contributed by atoms with Gasteiger partial charge >= 0.3 is 0 Å². The molecule has 1 aliphatic rings. The van der Waals surface area contributed by atoms with Crippen LogP contribution in [0.4, 0.5) is 0 Å². The molecule has 0 bridgehead atoms. The zero-order valence-electron chi connectivity index (χ0n) is 10.5. The maximum Gasteiger partial charge on any atom is 0.107 e. The van der Waals surface area contributed by atoms with Crippen molar-refractivity contribution in [1.82, 2.24) is 5.06 Å². The van der Waals surface area contributed by atoms with Crippen LogP contribution in [-0.2, 0) is 4.84 Å². The Morgan fingerprint density at radius 3 is 2.76 bits per heavy atom. The van der Waals surface area contributed by atoms with Crippen molar-refractivity contribution >= 4 is 0 Å². The van der Waals surface area contributed by atoms with Gasteiger partial charge in [0.2, 0.25) is 0 Å². The summed E-state index contributed by atoms with van der Waals surface area (Å²) in [6.45, 7) is 2.08. The Morgan fingerprint density at radius 2 is 2.12 bits per heavy atom.